The van der Waals surface area contributed by atoms with Crippen molar-refractivity contribution in [1.29, 1.82) is 0 Å². The molecule has 31 heavy (non-hydrogen) atoms. The van der Waals surface area contributed by atoms with Crippen molar-refractivity contribution in [3.05, 3.63) is 90.5 Å². The van der Waals surface area contributed by atoms with Crippen molar-refractivity contribution in [1.82, 2.24) is 4.98 Å². The number of esters is 1. The summed E-state index contributed by atoms with van der Waals surface area (Å²) in [5.41, 5.74) is 5.87. The molecule has 1 aliphatic heterocycles. The molecule has 1 aromatic heterocycles. The van der Waals surface area contributed by atoms with E-state index in [1.54, 1.807) is 31.2 Å². The number of non-ortho nitro benzene ring substituents is 1. The molecule has 10 heteroatoms. The zero-order valence-electron chi connectivity index (χ0n) is 16.2. The molecule has 2 heterocycles. The Kier molecular flexibility index (Phi) is 5.12. The molecule has 0 fully saturated rings. The van der Waals surface area contributed by atoms with E-state index < -0.39 is 22.4 Å². The van der Waals surface area contributed by atoms with Gasteiger partial charge in [-0.1, -0.05) is 23.7 Å². The van der Waals surface area contributed by atoms with Crippen LogP contribution >= 0.6 is 11.6 Å². The van der Waals surface area contributed by atoms with E-state index in [2.05, 4.69) is 4.98 Å². The molecule has 158 valence electrons. The Balaban J connectivity index is 2.09. The smallest absolute Gasteiger partial charge is 0.340 e. The average Bonchev–Trinajstić information content (AvgIpc) is 2.73. The lowest BCUT2D eigenvalue weighted by Crippen LogP contribution is -2.32. The number of nitro benzene ring substituents is 1. The van der Waals surface area contributed by atoms with Gasteiger partial charge in [-0.25, -0.2) is 4.79 Å². The molecule has 3 N–H and O–H groups in total. The van der Waals surface area contributed by atoms with E-state index in [1.165, 1.54) is 18.2 Å². The van der Waals surface area contributed by atoms with Gasteiger partial charge < -0.3 is 20.2 Å². The SMILES string of the molecule is CCOC(=O)C1=C(N)Oc2c(c(=O)[nH]c3ccccc23)[C@@H]1c1cc([N+](=O)[O-])ccc1Cl. The molecule has 0 bridgehead atoms. The zero-order valence-corrected chi connectivity index (χ0v) is 16.9. The second-order valence-electron chi connectivity index (χ2n) is 6.74. The highest BCUT2D eigenvalue weighted by molar-refractivity contribution is 6.31. The standard InChI is InChI=1S/C21H16ClN3O6/c1-2-30-21(27)17-15(12-9-10(25(28)29)7-8-13(12)22)16-18(31-19(17)23)11-5-3-4-6-14(11)24-20(16)26/h3-9,15H,2,23H2,1H3,(H,24,26)/t15-/m0/s1. The van der Waals surface area contributed by atoms with Crippen LogP contribution in [0, 0.1) is 10.1 Å². The quantitative estimate of drug-likeness (QED) is 0.359. The molecule has 9 nitrogen and oxygen atoms in total. The Labute approximate surface area is 180 Å². The lowest BCUT2D eigenvalue weighted by Gasteiger charge is -2.28. The highest BCUT2D eigenvalue weighted by atomic mass is 35.5. The maximum atomic E-state index is 13.1. The summed E-state index contributed by atoms with van der Waals surface area (Å²) in [7, 11) is 0. The van der Waals surface area contributed by atoms with E-state index in [-0.39, 0.29) is 45.6 Å². The fourth-order valence-corrected chi connectivity index (χ4v) is 3.88. The van der Waals surface area contributed by atoms with Crippen molar-refractivity contribution in [3.63, 3.8) is 0 Å². The van der Waals surface area contributed by atoms with Gasteiger partial charge in [-0.15, -0.1) is 0 Å². The highest BCUT2D eigenvalue weighted by Crippen LogP contribution is 2.46. The molecule has 0 saturated carbocycles. The van der Waals surface area contributed by atoms with Gasteiger partial charge in [0.25, 0.3) is 11.2 Å². The van der Waals surface area contributed by atoms with Crippen molar-refractivity contribution in [2.75, 3.05) is 6.61 Å². The third-order valence-electron chi connectivity index (χ3n) is 4.96. The fourth-order valence-electron chi connectivity index (χ4n) is 3.66. The minimum atomic E-state index is -1.14. The van der Waals surface area contributed by atoms with Crippen LogP contribution in [0.15, 0.2) is 58.7 Å². The second kappa shape index (κ2) is 7.77. The number of benzene rings is 2. The number of para-hydroxylation sites is 1. The Morgan fingerprint density at radius 1 is 1.32 bits per heavy atom. The van der Waals surface area contributed by atoms with Gasteiger partial charge in [-0.3, -0.25) is 14.9 Å². The molecule has 0 spiro atoms. The number of nitrogens with zero attached hydrogens (tertiary/aromatic N) is 1. The van der Waals surface area contributed by atoms with Crippen molar-refractivity contribution < 1.29 is 19.2 Å². The Morgan fingerprint density at radius 2 is 2.06 bits per heavy atom. The number of ether oxygens (including phenoxy) is 2. The predicted molar refractivity (Wildman–Crippen MR) is 113 cm³/mol. The van der Waals surface area contributed by atoms with Gasteiger partial charge in [0, 0.05) is 22.5 Å². The molecule has 2 aromatic carbocycles. The number of fused-ring (bicyclic) bond motifs is 3. The fraction of sp³-hybridized carbons (Fsp3) is 0.143. The first-order chi connectivity index (χ1) is 14.8. The Bertz CT molecular complexity index is 1330. The lowest BCUT2D eigenvalue weighted by atomic mass is 9.82. The molecule has 1 atom stereocenters. The molecule has 1 aliphatic rings. The first-order valence-electron chi connectivity index (χ1n) is 9.26. The molecule has 0 radical (unpaired) electrons. The van der Waals surface area contributed by atoms with E-state index in [0.717, 1.165) is 0 Å². The van der Waals surface area contributed by atoms with E-state index in [9.17, 15) is 19.7 Å². The number of carbonyl (C=O) groups excluding carboxylic acids is 1. The lowest BCUT2D eigenvalue weighted by molar-refractivity contribution is -0.384. The molecular formula is C21H16ClN3O6. The summed E-state index contributed by atoms with van der Waals surface area (Å²) in [4.78, 5) is 39.4. The largest absolute Gasteiger partial charge is 0.462 e. The number of hydrogen-bond acceptors (Lipinski definition) is 7. The number of hydrogen-bond donors (Lipinski definition) is 2. The number of pyridine rings is 1. The summed E-state index contributed by atoms with van der Waals surface area (Å²) in [5.74, 6) is -2.07. The highest BCUT2D eigenvalue weighted by Gasteiger charge is 2.40. The Hall–Kier alpha value is -3.85. The number of aromatic amines is 1. The zero-order chi connectivity index (χ0) is 22.3. The van der Waals surface area contributed by atoms with Gasteiger partial charge in [0.15, 0.2) is 0 Å². The summed E-state index contributed by atoms with van der Waals surface area (Å²) < 4.78 is 10.9. The van der Waals surface area contributed by atoms with Crippen LogP contribution in [-0.4, -0.2) is 22.5 Å². The van der Waals surface area contributed by atoms with Crippen molar-refractivity contribution in [3.8, 4) is 5.75 Å². The first kappa shape index (κ1) is 20.4. The van der Waals surface area contributed by atoms with Crippen LogP contribution in [0.5, 0.6) is 5.75 Å². The van der Waals surface area contributed by atoms with E-state index in [1.807, 2.05) is 0 Å². The van der Waals surface area contributed by atoms with Crippen molar-refractivity contribution in [2.24, 2.45) is 5.73 Å². The molecule has 0 amide bonds. The number of carbonyl (C=O) groups is 1. The number of nitrogens with two attached hydrogens (primary N) is 1. The first-order valence-corrected chi connectivity index (χ1v) is 9.64. The van der Waals surface area contributed by atoms with E-state index in [4.69, 9.17) is 26.8 Å². The number of H-pyrrole nitrogens is 1. The number of rotatable bonds is 4. The monoisotopic (exact) mass is 441 g/mol. The van der Waals surface area contributed by atoms with Crippen LogP contribution in [-0.2, 0) is 9.53 Å². The van der Waals surface area contributed by atoms with Gasteiger partial charge in [-0.2, -0.15) is 0 Å². The number of aromatic nitrogens is 1. The van der Waals surface area contributed by atoms with Gasteiger partial charge in [0.1, 0.15) is 11.3 Å². The molecule has 3 aromatic rings. The molecule has 0 saturated heterocycles. The van der Waals surface area contributed by atoms with E-state index >= 15 is 0 Å². The summed E-state index contributed by atoms with van der Waals surface area (Å²) in [5, 5.41) is 12.0. The van der Waals surface area contributed by atoms with E-state index in [0.29, 0.717) is 10.9 Å². The Morgan fingerprint density at radius 3 is 2.77 bits per heavy atom. The molecule has 0 aliphatic carbocycles. The third kappa shape index (κ3) is 3.38. The number of nitrogens with one attached hydrogen (secondary N) is 1. The van der Waals surface area contributed by atoms with Crippen LogP contribution < -0.4 is 16.0 Å². The third-order valence-corrected chi connectivity index (χ3v) is 5.30. The summed E-state index contributed by atoms with van der Waals surface area (Å²) in [6.45, 7) is 1.66. The number of nitro groups is 1. The maximum absolute atomic E-state index is 13.1. The van der Waals surface area contributed by atoms with Crippen LogP contribution in [0.2, 0.25) is 5.02 Å². The normalized spacial score (nSPS) is 15.4. The maximum Gasteiger partial charge on any atom is 0.340 e. The van der Waals surface area contributed by atoms with Gasteiger partial charge >= 0.3 is 5.97 Å². The predicted octanol–water partition coefficient (Wildman–Crippen LogP) is 3.35. The molecule has 0 unspecified atom stereocenters. The minimum absolute atomic E-state index is 0.0476. The second-order valence-corrected chi connectivity index (χ2v) is 7.15. The van der Waals surface area contributed by atoms with Gasteiger partial charge in [0.2, 0.25) is 5.88 Å². The average molecular weight is 442 g/mol. The van der Waals surface area contributed by atoms with Crippen molar-refractivity contribution in [2.45, 2.75) is 12.8 Å². The van der Waals surface area contributed by atoms with Crippen LogP contribution in [0.4, 0.5) is 5.69 Å². The summed E-state index contributed by atoms with van der Waals surface area (Å²) in [6.07, 6.45) is 0. The molecule has 4 rings (SSSR count). The van der Waals surface area contributed by atoms with Crippen molar-refractivity contribution >= 4 is 34.2 Å². The van der Waals surface area contributed by atoms with Crippen LogP contribution in [0.1, 0.15) is 24.0 Å². The van der Waals surface area contributed by atoms with Crippen LogP contribution in [0.3, 0.4) is 0 Å². The topological polar surface area (TPSA) is 138 Å². The van der Waals surface area contributed by atoms with Gasteiger partial charge in [0.05, 0.1) is 28.5 Å². The summed E-state index contributed by atoms with van der Waals surface area (Å²) >= 11 is 6.37. The number of halogens is 1. The molecular weight excluding hydrogens is 426 g/mol. The van der Waals surface area contributed by atoms with Gasteiger partial charge in [-0.05, 0) is 30.7 Å². The minimum Gasteiger partial charge on any atom is -0.462 e. The van der Waals surface area contributed by atoms with Crippen LogP contribution in [0.25, 0.3) is 10.9 Å². The summed E-state index contributed by atoms with van der Waals surface area (Å²) in [6, 6.07) is 10.7.